The van der Waals surface area contributed by atoms with Crippen LogP contribution in [0.15, 0.2) is 54.6 Å². The smallest absolute Gasteiger partial charge is 0.203 e. The second-order valence-electron chi connectivity index (χ2n) is 6.71. The van der Waals surface area contributed by atoms with Crippen LogP contribution in [-0.2, 0) is 0 Å². The quantitative estimate of drug-likeness (QED) is 0.357. The molecule has 0 spiro atoms. The second-order valence-corrected chi connectivity index (χ2v) is 7.77. The first kappa shape index (κ1) is 20.8. The lowest BCUT2D eigenvalue weighted by atomic mass is 10.1. The summed E-state index contributed by atoms with van der Waals surface area (Å²) in [5.41, 5.74) is 2.59. The maximum atomic E-state index is 13.5. The van der Waals surface area contributed by atoms with E-state index in [2.05, 4.69) is 5.32 Å². The standard InChI is InChI=1S/C24H22FNO4S/c1-27-17-9-10-18-21(13-17)31-24(14-5-7-15(25)8-6-14)22(18)26-16-11-19(28-2)23(30-4)20(12-16)29-3/h5-13,26H,1-4H3. The molecule has 3 aromatic carbocycles. The van der Waals surface area contributed by atoms with Gasteiger partial charge < -0.3 is 24.3 Å². The lowest BCUT2D eigenvalue weighted by Gasteiger charge is -2.16. The highest BCUT2D eigenvalue weighted by molar-refractivity contribution is 7.23. The fraction of sp³-hybridized carbons (Fsp3) is 0.167. The molecule has 0 aliphatic rings. The number of methoxy groups -OCH3 is 4. The zero-order valence-corrected chi connectivity index (χ0v) is 18.4. The first-order valence-electron chi connectivity index (χ1n) is 9.51. The maximum absolute atomic E-state index is 13.5. The number of rotatable bonds is 7. The van der Waals surface area contributed by atoms with E-state index in [9.17, 15) is 4.39 Å². The van der Waals surface area contributed by atoms with E-state index < -0.39 is 0 Å². The number of ether oxygens (including phenoxy) is 4. The van der Waals surface area contributed by atoms with Crippen molar-refractivity contribution in [2.24, 2.45) is 0 Å². The van der Waals surface area contributed by atoms with Gasteiger partial charge in [-0.15, -0.1) is 11.3 Å². The van der Waals surface area contributed by atoms with Crippen LogP contribution in [0, 0.1) is 5.82 Å². The van der Waals surface area contributed by atoms with Gasteiger partial charge in [0, 0.05) is 27.9 Å². The van der Waals surface area contributed by atoms with E-state index in [0.29, 0.717) is 17.2 Å². The largest absolute Gasteiger partial charge is 0.497 e. The van der Waals surface area contributed by atoms with Crippen molar-refractivity contribution in [2.75, 3.05) is 33.8 Å². The monoisotopic (exact) mass is 439 g/mol. The maximum Gasteiger partial charge on any atom is 0.203 e. The summed E-state index contributed by atoms with van der Waals surface area (Å²) in [6.07, 6.45) is 0. The Kier molecular flexibility index (Phi) is 5.86. The van der Waals surface area contributed by atoms with Gasteiger partial charge in [0.05, 0.1) is 39.0 Å². The van der Waals surface area contributed by atoms with Crippen molar-refractivity contribution in [2.45, 2.75) is 0 Å². The van der Waals surface area contributed by atoms with Crippen LogP contribution < -0.4 is 24.3 Å². The fourth-order valence-corrected chi connectivity index (χ4v) is 4.62. The summed E-state index contributed by atoms with van der Waals surface area (Å²) in [7, 11) is 6.37. The fourth-order valence-electron chi connectivity index (χ4n) is 3.43. The van der Waals surface area contributed by atoms with E-state index in [0.717, 1.165) is 37.7 Å². The number of thiophene rings is 1. The molecule has 0 amide bonds. The third kappa shape index (κ3) is 3.96. The van der Waals surface area contributed by atoms with Crippen molar-refractivity contribution < 1.29 is 23.3 Å². The van der Waals surface area contributed by atoms with E-state index in [1.54, 1.807) is 51.9 Å². The van der Waals surface area contributed by atoms with Crippen LogP contribution >= 0.6 is 11.3 Å². The van der Waals surface area contributed by atoms with Gasteiger partial charge in [0.15, 0.2) is 11.5 Å². The molecule has 31 heavy (non-hydrogen) atoms. The summed E-state index contributed by atoms with van der Waals surface area (Å²) in [5.74, 6) is 2.13. The predicted molar refractivity (Wildman–Crippen MR) is 123 cm³/mol. The Labute approximate surface area is 183 Å². The van der Waals surface area contributed by atoms with Crippen LogP contribution in [0.25, 0.3) is 20.5 Å². The topological polar surface area (TPSA) is 49.0 Å². The van der Waals surface area contributed by atoms with Gasteiger partial charge in [-0.05, 0) is 35.9 Å². The molecule has 1 N–H and O–H groups in total. The minimum atomic E-state index is -0.273. The molecule has 1 heterocycles. The Hall–Kier alpha value is -3.45. The Balaban J connectivity index is 1.88. The SMILES string of the molecule is COc1ccc2c(Nc3cc(OC)c(OC)c(OC)c3)c(-c3ccc(F)cc3)sc2c1. The highest BCUT2D eigenvalue weighted by atomic mass is 32.1. The minimum absolute atomic E-state index is 0.273. The van der Waals surface area contributed by atoms with Crippen LogP contribution in [0.2, 0.25) is 0 Å². The molecule has 160 valence electrons. The second kappa shape index (κ2) is 8.73. The highest BCUT2D eigenvalue weighted by Gasteiger charge is 2.18. The zero-order chi connectivity index (χ0) is 22.0. The molecule has 0 bridgehead atoms. The Morgan fingerprint density at radius 2 is 1.45 bits per heavy atom. The molecule has 0 saturated carbocycles. The van der Waals surface area contributed by atoms with Crippen LogP contribution in [-0.4, -0.2) is 28.4 Å². The summed E-state index contributed by atoms with van der Waals surface area (Å²) in [6, 6.07) is 16.1. The van der Waals surface area contributed by atoms with Crippen LogP contribution in [0.3, 0.4) is 0 Å². The van der Waals surface area contributed by atoms with Crippen LogP contribution in [0.1, 0.15) is 0 Å². The summed E-state index contributed by atoms with van der Waals surface area (Å²) in [4.78, 5) is 0.983. The van der Waals surface area contributed by atoms with E-state index in [1.165, 1.54) is 12.1 Å². The van der Waals surface area contributed by atoms with Gasteiger partial charge in [-0.25, -0.2) is 4.39 Å². The summed E-state index contributed by atoms with van der Waals surface area (Å²) in [5, 5.41) is 4.53. The molecule has 0 saturated heterocycles. The molecule has 5 nitrogen and oxygen atoms in total. The summed E-state index contributed by atoms with van der Waals surface area (Å²) in [6.45, 7) is 0. The number of halogens is 1. The van der Waals surface area contributed by atoms with E-state index >= 15 is 0 Å². The first-order chi connectivity index (χ1) is 15.1. The molecule has 0 fully saturated rings. The molecule has 1 aromatic heterocycles. The van der Waals surface area contributed by atoms with Crippen molar-refractivity contribution in [3.63, 3.8) is 0 Å². The Morgan fingerprint density at radius 3 is 2.03 bits per heavy atom. The minimum Gasteiger partial charge on any atom is -0.497 e. The summed E-state index contributed by atoms with van der Waals surface area (Å²) >= 11 is 1.61. The van der Waals surface area contributed by atoms with Crippen molar-refractivity contribution in [1.82, 2.24) is 0 Å². The number of anilines is 2. The van der Waals surface area contributed by atoms with Crippen molar-refractivity contribution in [3.8, 4) is 33.4 Å². The normalized spacial score (nSPS) is 10.7. The molecule has 0 atom stereocenters. The first-order valence-corrected chi connectivity index (χ1v) is 10.3. The molecule has 0 aliphatic carbocycles. The van der Waals surface area contributed by atoms with Gasteiger partial charge in [-0.3, -0.25) is 0 Å². The number of benzene rings is 3. The van der Waals surface area contributed by atoms with Gasteiger partial charge in [0.25, 0.3) is 0 Å². The van der Waals surface area contributed by atoms with Gasteiger partial charge in [0.1, 0.15) is 11.6 Å². The van der Waals surface area contributed by atoms with E-state index in [1.807, 2.05) is 30.3 Å². The number of hydrogen-bond acceptors (Lipinski definition) is 6. The van der Waals surface area contributed by atoms with E-state index in [4.69, 9.17) is 18.9 Å². The average Bonchev–Trinajstić information content (AvgIpc) is 3.16. The van der Waals surface area contributed by atoms with Crippen LogP contribution in [0.4, 0.5) is 15.8 Å². The molecule has 0 unspecified atom stereocenters. The number of hydrogen-bond donors (Lipinski definition) is 1. The van der Waals surface area contributed by atoms with Crippen molar-refractivity contribution in [3.05, 3.63) is 60.4 Å². The molecule has 4 rings (SSSR count). The van der Waals surface area contributed by atoms with Crippen molar-refractivity contribution >= 4 is 32.8 Å². The van der Waals surface area contributed by atoms with Gasteiger partial charge in [-0.2, -0.15) is 0 Å². The number of fused-ring (bicyclic) bond motifs is 1. The molecule has 0 aliphatic heterocycles. The molecular formula is C24H22FNO4S. The van der Waals surface area contributed by atoms with Gasteiger partial charge in [0.2, 0.25) is 5.75 Å². The zero-order valence-electron chi connectivity index (χ0n) is 17.6. The highest BCUT2D eigenvalue weighted by Crippen LogP contribution is 2.47. The van der Waals surface area contributed by atoms with E-state index in [-0.39, 0.29) is 5.82 Å². The lowest BCUT2D eigenvalue weighted by Crippen LogP contribution is -1.98. The Bertz CT molecular complexity index is 1200. The van der Waals surface area contributed by atoms with Gasteiger partial charge >= 0.3 is 0 Å². The predicted octanol–water partition coefficient (Wildman–Crippen LogP) is 6.49. The molecule has 7 heteroatoms. The molecule has 4 aromatic rings. The van der Waals surface area contributed by atoms with Gasteiger partial charge in [-0.1, -0.05) is 12.1 Å². The summed E-state index contributed by atoms with van der Waals surface area (Å²) < 4.78 is 36.4. The molecule has 0 radical (unpaired) electrons. The third-order valence-corrected chi connectivity index (χ3v) is 6.14. The number of nitrogens with one attached hydrogen (secondary N) is 1. The lowest BCUT2D eigenvalue weighted by molar-refractivity contribution is 0.324. The third-order valence-electron chi connectivity index (χ3n) is 4.94. The van der Waals surface area contributed by atoms with Crippen LogP contribution in [0.5, 0.6) is 23.0 Å². The Morgan fingerprint density at radius 1 is 0.774 bits per heavy atom. The average molecular weight is 440 g/mol. The van der Waals surface area contributed by atoms with Crippen molar-refractivity contribution in [1.29, 1.82) is 0 Å². The molecular weight excluding hydrogens is 417 g/mol.